The number of carbonyl (C=O) groups is 1. The summed E-state index contributed by atoms with van der Waals surface area (Å²) in [6, 6.07) is 4.00. The maximum absolute atomic E-state index is 12.6. The fourth-order valence-corrected chi connectivity index (χ4v) is 3.44. The number of anilines is 1. The number of hydrogen-bond acceptors (Lipinski definition) is 5. The van der Waals surface area contributed by atoms with Gasteiger partial charge in [0.2, 0.25) is 0 Å². The predicted octanol–water partition coefficient (Wildman–Crippen LogP) is 1.66. The molecule has 7 heteroatoms. The topological polar surface area (TPSA) is 70.6 Å². The van der Waals surface area contributed by atoms with E-state index in [-0.39, 0.29) is 18.2 Å². The lowest BCUT2D eigenvalue weighted by atomic mass is 10.1. The van der Waals surface area contributed by atoms with Crippen LogP contribution in [0.4, 0.5) is 10.6 Å². The summed E-state index contributed by atoms with van der Waals surface area (Å²) < 4.78 is 5.74. The van der Waals surface area contributed by atoms with E-state index in [1.54, 1.807) is 6.20 Å². The third kappa shape index (κ3) is 4.14. The zero-order chi connectivity index (χ0) is 16.8. The molecule has 1 aromatic rings. The third-order valence-corrected chi connectivity index (χ3v) is 4.83. The average molecular weight is 333 g/mol. The van der Waals surface area contributed by atoms with E-state index in [0.29, 0.717) is 6.54 Å². The molecular weight excluding hydrogens is 306 g/mol. The molecule has 2 atom stereocenters. The molecule has 2 amide bonds. The highest BCUT2D eigenvalue weighted by Crippen LogP contribution is 2.18. The summed E-state index contributed by atoms with van der Waals surface area (Å²) >= 11 is 0. The van der Waals surface area contributed by atoms with Crippen LogP contribution in [0.3, 0.4) is 0 Å². The number of carbonyl (C=O) groups excluding carboxylic acids is 1. The van der Waals surface area contributed by atoms with Gasteiger partial charge in [-0.3, -0.25) is 0 Å². The van der Waals surface area contributed by atoms with Crippen LogP contribution in [-0.4, -0.2) is 66.1 Å². The second-order valence-corrected chi connectivity index (χ2v) is 6.43. The fraction of sp³-hybridized carbons (Fsp3) is 0.706. The molecule has 0 radical (unpaired) electrons. The SMILES string of the molecule is CC[C@@H](NC(=O)N1CCCN(c2cccnn2)CC1)[C@H]1CCCO1. The van der Waals surface area contributed by atoms with E-state index < -0.39 is 0 Å². The van der Waals surface area contributed by atoms with Crippen LogP contribution in [0, 0.1) is 0 Å². The lowest BCUT2D eigenvalue weighted by Gasteiger charge is -2.28. The van der Waals surface area contributed by atoms with E-state index in [2.05, 4.69) is 27.3 Å². The summed E-state index contributed by atoms with van der Waals surface area (Å²) in [4.78, 5) is 16.7. The maximum atomic E-state index is 12.6. The third-order valence-electron chi connectivity index (χ3n) is 4.83. The molecule has 0 spiro atoms. The van der Waals surface area contributed by atoms with Crippen LogP contribution in [0.5, 0.6) is 0 Å². The molecule has 2 aliphatic heterocycles. The van der Waals surface area contributed by atoms with Gasteiger partial charge in [0.15, 0.2) is 5.82 Å². The minimum absolute atomic E-state index is 0.0262. The average Bonchev–Trinajstić information content (AvgIpc) is 3.04. The molecule has 3 heterocycles. The Labute approximate surface area is 143 Å². The van der Waals surface area contributed by atoms with Crippen molar-refractivity contribution in [2.45, 2.75) is 44.8 Å². The molecule has 1 N–H and O–H groups in total. The number of ether oxygens (including phenoxy) is 1. The van der Waals surface area contributed by atoms with Crippen molar-refractivity contribution in [2.24, 2.45) is 0 Å². The quantitative estimate of drug-likeness (QED) is 0.907. The molecule has 0 saturated carbocycles. The Kier molecular flexibility index (Phi) is 5.85. The van der Waals surface area contributed by atoms with Crippen molar-refractivity contribution < 1.29 is 9.53 Å². The first kappa shape index (κ1) is 17.0. The lowest BCUT2D eigenvalue weighted by Crippen LogP contribution is -2.49. The number of urea groups is 1. The van der Waals surface area contributed by atoms with Crippen molar-refractivity contribution in [3.05, 3.63) is 18.3 Å². The summed E-state index contributed by atoms with van der Waals surface area (Å²) in [5.74, 6) is 0.880. The van der Waals surface area contributed by atoms with Crippen LogP contribution in [0.1, 0.15) is 32.6 Å². The predicted molar refractivity (Wildman–Crippen MR) is 92.0 cm³/mol. The number of rotatable bonds is 4. The Balaban J connectivity index is 1.54. The second kappa shape index (κ2) is 8.28. The van der Waals surface area contributed by atoms with Gasteiger partial charge in [-0.2, -0.15) is 5.10 Å². The van der Waals surface area contributed by atoms with Gasteiger partial charge >= 0.3 is 6.03 Å². The highest BCUT2D eigenvalue weighted by Gasteiger charge is 2.28. The maximum Gasteiger partial charge on any atom is 0.317 e. The molecule has 2 fully saturated rings. The minimum Gasteiger partial charge on any atom is -0.376 e. The molecule has 0 unspecified atom stereocenters. The molecule has 7 nitrogen and oxygen atoms in total. The number of nitrogens with zero attached hydrogens (tertiary/aromatic N) is 4. The summed E-state index contributed by atoms with van der Waals surface area (Å²) in [5.41, 5.74) is 0. The summed E-state index contributed by atoms with van der Waals surface area (Å²) in [7, 11) is 0. The largest absolute Gasteiger partial charge is 0.376 e. The summed E-state index contributed by atoms with van der Waals surface area (Å²) in [6.45, 7) is 6.06. The molecule has 0 bridgehead atoms. The van der Waals surface area contributed by atoms with Crippen molar-refractivity contribution in [2.75, 3.05) is 37.7 Å². The van der Waals surface area contributed by atoms with Gasteiger partial charge in [-0.25, -0.2) is 4.79 Å². The lowest BCUT2D eigenvalue weighted by molar-refractivity contribution is 0.0771. The first-order valence-electron chi connectivity index (χ1n) is 8.97. The molecule has 1 aromatic heterocycles. The minimum atomic E-state index is 0.0262. The van der Waals surface area contributed by atoms with E-state index in [9.17, 15) is 4.79 Å². The monoisotopic (exact) mass is 333 g/mol. The van der Waals surface area contributed by atoms with E-state index in [1.807, 2.05) is 17.0 Å². The molecular formula is C17H27N5O2. The highest BCUT2D eigenvalue weighted by molar-refractivity contribution is 5.74. The van der Waals surface area contributed by atoms with E-state index in [1.165, 1.54) is 0 Å². The van der Waals surface area contributed by atoms with Gasteiger partial charge in [-0.1, -0.05) is 6.92 Å². The van der Waals surface area contributed by atoms with Gasteiger partial charge in [-0.05, 0) is 37.8 Å². The van der Waals surface area contributed by atoms with Gasteiger partial charge in [0.25, 0.3) is 0 Å². The van der Waals surface area contributed by atoms with Gasteiger partial charge in [0.1, 0.15) is 0 Å². The normalized spacial score (nSPS) is 23.0. The Hall–Kier alpha value is -1.89. The van der Waals surface area contributed by atoms with Crippen molar-refractivity contribution in [3.8, 4) is 0 Å². The first-order valence-corrected chi connectivity index (χ1v) is 8.97. The van der Waals surface area contributed by atoms with Crippen LogP contribution in [0.2, 0.25) is 0 Å². The summed E-state index contributed by atoms with van der Waals surface area (Å²) in [6.07, 6.45) is 5.81. The zero-order valence-corrected chi connectivity index (χ0v) is 14.4. The first-order chi connectivity index (χ1) is 11.8. The van der Waals surface area contributed by atoms with Gasteiger partial charge in [-0.15, -0.1) is 5.10 Å². The zero-order valence-electron chi connectivity index (χ0n) is 14.4. The van der Waals surface area contributed by atoms with Crippen molar-refractivity contribution in [1.82, 2.24) is 20.4 Å². The van der Waals surface area contributed by atoms with Gasteiger partial charge in [0.05, 0.1) is 12.1 Å². The number of amides is 2. The Morgan fingerprint density at radius 3 is 3.00 bits per heavy atom. The molecule has 0 aromatic carbocycles. The molecule has 3 rings (SSSR count). The van der Waals surface area contributed by atoms with E-state index in [4.69, 9.17) is 4.74 Å². The Morgan fingerprint density at radius 1 is 1.38 bits per heavy atom. The van der Waals surface area contributed by atoms with Crippen LogP contribution < -0.4 is 10.2 Å². The van der Waals surface area contributed by atoms with Crippen LogP contribution >= 0.6 is 0 Å². The number of aromatic nitrogens is 2. The fourth-order valence-electron chi connectivity index (χ4n) is 3.44. The number of nitrogens with one attached hydrogen (secondary N) is 1. The molecule has 2 aliphatic rings. The van der Waals surface area contributed by atoms with Crippen molar-refractivity contribution in [1.29, 1.82) is 0 Å². The smallest absolute Gasteiger partial charge is 0.317 e. The Bertz CT molecular complexity index is 521. The van der Waals surface area contributed by atoms with Crippen molar-refractivity contribution in [3.63, 3.8) is 0 Å². The molecule has 132 valence electrons. The van der Waals surface area contributed by atoms with Crippen molar-refractivity contribution >= 4 is 11.8 Å². The van der Waals surface area contributed by atoms with Crippen LogP contribution in [0.15, 0.2) is 18.3 Å². The summed E-state index contributed by atoms with van der Waals surface area (Å²) in [5, 5.41) is 11.3. The molecule has 2 saturated heterocycles. The Morgan fingerprint density at radius 2 is 2.29 bits per heavy atom. The number of hydrogen-bond donors (Lipinski definition) is 1. The van der Waals surface area contributed by atoms with Crippen LogP contribution in [0.25, 0.3) is 0 Å². The molecule has 24 heavy (non-hydrogen) atoms. The van der Waals surface area contributed by atoms with Gasteiger partial charge < -0.3 is 19.9 Å². The standard InChI is InChI=1S/C17H27N5O2/c1-2-14(15-6-4-13-24-15)19-17(23)22-10-5-9-21(11-12-22)16-7-3-8-18-20-16/h3,7-8,14-15H,2,4-6,9-13H2,1H3,(H,19,23)/t14-,15-/m1/s1. The van der Waals surface area contributed by atoms with E-state index in [0.717, 1.165) is 57.7 Å². The highest BCUT2D eigenvalue weighted by atomic mass is 16.5. The van der Waals surface area contributed by atoms with Crippen LogP contribution in [-0.2, 0) is 4.74 Å². The van der Waals surface area contributed by atoms with E-state index >= 15 is 0 Å². The second-order valence-electron chi connectivity index (χ2n) is 6.43. The molecule has 0 aliphatic carbocycles. The van der Waals surface area contributed by atoms with Gasteiger partial charge in [0, 0.05) is 39.0 Å².